The van der Waals surface area contributed by atoms with Gasteiger partial charge in [-0.2, -0.15) is 5.26 Å². The lowest BCUT2D eigenvalue weighted by Crippen LogP contribution is -2.46. The Morgan fingerprint density at radius 1 is 1.06 bits per heavy atom. The standard InChI is InChI=1S/C21H19N3O7/c1-30-18(25)11-17(14-7-9-16(10-8-14)24(28)29)19(21(27)31-2)23-20(26)15-5-3-13(12-22)4-6-15/h3-10,17,19H,11H2,1-2H3,(H,23,26)/t17-,19-/m0/s1. The molecule has 0 fully saturated rings. The first-order chi connectivity index (χ1) is 14.8. The number of nitro benzene ring substituents is 1. The maximum Gasteiger partial charge on any atom is 0.329 e. The second-order valence-corrected chi connectivity index (χ2v) is 6.40. The topological polar surface area (TPSA) is 149 Å². The Bertz CT molecular complexity index is 1010. The minimum Gasteiger partial charge on any atom is -0.469 e. The molecule has 2 aromatic rings. The summed E-state index contributed by atoms with van der Waals surface area (Å²) in [6, 6.07) is 11.7. The van der Waals surface area contributed by atoms with Gasteiger partial charge in [0.25, 0.3) is 11.6 Å². The van der Waals surface area contributed by atoms with Gasteiger partial charge in [-0.3, -0.25) is 19.7 Å². The SMILES string of the molecule is COC(=O)C[C@@H](c1ccc([N+](=O)[O-])cc1)[C@H](NC(=O)c1ccc(C#N)cc1)C(=O)OC. The van der Waals surface area contributed by atoms with Crippen molar-refractivity contribution in [3.05, 3.63) is 75.3 Å². The van der Waals surface area contributed by atoms with Crippen LogP contribution in [0.1, 0.15) is 33.8 Å². The fourth-order valence-electron chi connectivity index (χ4n) is 2.91. The highest BCUT2D eigenvalue weighted by Gasteiger charge is 2.34. The number of amides is 1. The normalized spacial score (nSPS) is 12.0. The van der Waals surface area contributed by atoms with Gasteiger partial charge in [0.15, 0.2) is 0 Å². The number of non-ortho nitro benzene ring substituents is 1. The molecule has 0 saturated heterocycles. The summed E-state index contributed by atoms with van der Waals surface area (Å²) in [7, 11) is 2.31. The van der Waals surface area contributed by atoms with Crippen LogP contribution >= 0.6 is 0 Å². The van der Waals surface area contributed by atoms with E-state index in [0.717, 1.165) is 7.11 Å². The number of nitrogens with zero attached hydrogens (tertiary/aromatic N) is 2. The number of esters is 2. The van der Waals surface area contributed by atoms with Gasteiger partial charge in [-0.1, -0.05) is 12.1 Å². The van der Waals surface area contributed by atoms with Crippen molar-refractivity contribution in [1.29, 1.82) is 5.26 Å². The van der Waals surface area contributed by atoms with Crippen molar-refractivity contribution in [2.24, 2.45) is 0 Å². The molecule has 2 aromatic carbocycles. The van der Waals surface area contributed by atoms with E-state index in [9.17, 15) is 24.5 Å². The molecular formula is C21H19N3O7. The smallest absolute Gasteiger partial charge is 0.329 e. The van der Waals surface area contributed by atoms with Gasteiger partial charge in [0.2, 0.25) is 0 Å². The number of nitrogens with one attached hydrogen (secondary N) is 1. The number of nitro groups is 1. The molecule has 1 N–H and O–H groups in total. The van der Waals surface area contributed by atoms with Crippen molar-refractivity contribution in [1.82, 2.24) is 5.32 Å². The monoisotopic (exact) mass is 425 g/mol. The highest BCUT2D eigenvalue weighted by atomic mass is 16.6. The summed E-state index contributed by atoms with van der Waals surface area (Å²) in [5.41, 5.74) is 0.771. The lowest BCUT2D eigenvalue weighted by Gasteiger charge is -2.26. The van der Waals surface area contributed by atoms with Crippen LogP contribution in [0.25, 0.3) is 0 Å². The number of benzene rings is 2. The fourth-order valence-corrected chi connectivity index (χ4v) is 2.91. The second-order valence-electron chi connectivity index (χ2n) is 6.40. The molecule has 1 amide bonds. The van der Waals surface area contributed by atoms with Crippen molar-refractivity contribution >= 4 is 23.5 Å². The lowest BCUT2D eigenvalue weighted by atomic mass is 9.88. The van der Waals surface area contributed by atoms with Crippen LogP contribution in [0.2, 0.25) is 0 Å². The zero-order chi connectivity index (χ0) is 23.0. The van der Waals surface area contributed by atoms with Crippen molar-refractivity contribution in [3.8, 4) is 6.07 Å². The molecule has 0 aromatic heterocycles. The number of rotatable bonds is 8. The average Bonchev–Trinajstić information content (AvgIpc) is 2.80. The van der Waals surface area contributed by atoms with Crippen LogP contribution < -0.4 is 5.32 Å². The van der Waals surface area contributed by atoms with Crippen molar-refractivity contribution in [3.63, 3.8) is 0 Å². The first-order valence-corrected chi connectivity index (χ1v) is 9.00. The maximum absolute atomic E-state index is 12.7. The summed E-state index contributed by atoms with van der Waals surface area (Å²) in [6.07, 6.45) is -0.290. The van der Waals surface area contributed by atoms with Gasteiger partial charge in [-0.05, 0) is 29.8 Å². The molecule has 0 spiro atoms. The van der Waals surface area contributed by atoms with Crippen LogP contribution in [0.5, 0.6) is 0 Å². The highest BCUT2D eigenvalue weighted by molar-refractivity contribution is 5.97. The molecule has 160 valence electrons. The van der Waals surface area contributed by atoms with E-state index < -0.39 is 34.7 Å². The molecular weight excluding hydrogens is 406 g/mol. The van der Waals surface area contributed by atoms with Crippen LogP contribution in [0, 0.1) is 21.4 Å². The molecule has 31 heavy (non-hydrogen) atoms. The third kappa shape index (κ3) is 5.86. The number of hydrogen-bond donors (Lipinski definition) is 1. The van der Waals surface area contributed by atoms with Crippen LogP contribution in [0.4, 0.5) is 5.69 Å². The number of hydrogen-bond acceptors (Lipinski definition) is 8. The predicted molar refractivity (Wildman–Crippen MR) is 107 cm³/mol. The van der Waals surface area contributed by atoms with E-state index in [-0.39, 0.29) is 17.7 Å². The van der Waals surface area contributed by atoms with E-state index in [1.807, 2.05) is 6.07 Å². The van der Waals surface area contributed by atoms with Gasteiger partial charge in [0.05, 0.1) is 37.2 Å². The van der Waals surface area contributed by atoms with Gasteiger partial charge in [0, 0.05) is 23.6 Å². The van der Waals surface area contributed by atoms with Gasteiger partial charge in [0.1, 0.15) is 6.04 Å². The molecule has 0 bridgehead atoms. The van der Waals surface area contributed by atoms with Gasteiger partial charge >= 0.3 is 11.9 Å². The minimum atomic E-state index is -1.28. The van der Waals surface area contributed by atoms with Crippen molar-refractivity contribution in [2.75, 3.05) is 14.2 Å². The zero-order valence-electron chi connectivity index (χ0n) is 16.7. The molecule has 0 unspecified atom stereocenters. The van der Waals surface area contributed by atoms with Crippen LogP contribution in [0.3, 0.4) is 0 Å². The van der Waals surface area contributed by atoms with E-state index >= 15 is 0 Å². The molecule has 0 heterocycles. The van der Waals surface area contributed by atoms with E-state index in [0.29, 0.717) is 11.1 Å². The van der Waals surface area contributed by atoms with E-state index in [1.54, 1.807) is 0 Å². The molecule has 0 aliphatic rings. The molecule has 2 rings (SSSR count). The third-order valence-corrected chi connectivity index (χ3v) is 4.57. The second kappa shape index (κ2) is 10.5. The number of carbonyl (C=O) groups excluding carboxylic acids is 3. The predicted octanol–water partition coefficient (Wildman–Crippen LogP) is 2.08. The summed E-state index contributed by atoms with van der Waals surface area (Å²) in [4.78, 5) is 47.5. The summed E-state index contributed by atoms with van der Waals surface area (Å²) in [5, 5.41) is 22.4. The van der Waals surface area contributed by atoms with E-state index in [1.165, 1.54) is 55.6 Å². The molecule has 10 heteroatoms. The largest absolute Gasteiger partial charge is 0.469 e. The number of methoxy groups -OCH3 is 2. The Kier molecular flexibility index (Phi) is 7.80. The Balaban J connectivity index is 2.40. The first kappa shape index (κ1) is 23.0. The van der Waals surface area contributed by atoms with Gasteiger partial charge in [-0.25, -0.2) is 4.79 Å². The quantitative estimate of drug-likeness (QED) is 0.384. The molecule has 2 atom stereocenters. The molecule has 0 aliphatic carbocycles. The maximum atomic E-state index is 12.7. The molecule has 0 radical (unpaired) electrons. The summed E-state index contributed by atoms with van der Waals surface area (Å²) in [5.74, 6) is -3.00. The Morgan fingerprint density at radius 3 is 2.16 bits per heavy atom. The first-order valence-electron chi connectivity index (χ1n) is 9.00. The van der Waals surface area contributed by atoms with Crippen molar-refractivity contribution < 1.29 is 28.8 Å². The molecule has 10 nitrogen and oxygen atoms in total. The van der Waals surface area contributed by atoms with E-state index in [2.05, 4.69) is 5.32 Å². The van der Waals surface area contributed by atoms with Crippen LogP contribution in [-0.2, 0) is 19.1 Å². The zero-order valence-corrected chi connectivity index (χ0v) is 16.7. The van der Waals surface area contributed by atoms with Crippen molar-refractivity contribution in [2.45, 2.75) is 18.4 Å². The van der Waals surface area contributed by atoms with Crippen LogP contribution in [-0.4, -0.2) is 43.0 Å². The highest BCUT2D eigenvalue weighted by Crippen LogP contribution is 2.27. The Hall–Kier alpha value is -4.26. The van der Waals surface area contributed by atoms with Gasteiger partial charge < -0.3 is 14.8 Å². The van der Waals surface area contributed by atoms with Gasteiger partial charge in [-0.15, -0.1) is 0 Å². The average molecular weight is 425 g/mol. The lowest BCUT2D eigenvalue weighted by molar-refractivity contribution is -0.384. The fraction of sp³-hybridized carbons (Fsp3) is 0.238. The number of carbonyl (C=O) groups is 3. The summed E-state index contributed by atoms with van der Waals surface area (Å²) >= 11 is 0. The number of ether oxygens (including phenoxy) is 2. The summed E-state index contributed by atoms with van der Waals surface area (Å²) < 4.78 is 9.51. The van der Waals surface area contributed by atoms with Crippen LogP contribution in [0.15, 0.2) is 48.5 Å². The van der Waals surface area contributed by atoms with E-state index in [4.69, 9.17) is 14.7 Å². The minimum absolute atomic E-state index is 0.170. The Labute approximate surface area is 177 Å². The summed E-state index contributed by atoms with van der Waals surface area (Å²) in [6.45, 7) is 0. The molecule has 0 aliphatic heterocycles. The number of nitriles is 1. The molecule has 0 saturated carbocycles. The Morgan fingerprint density at radius 2 is 1.68 bits per heavy atom. The third-order valence-electron chi connectivity index (χ3n) is 4.57.